The molecule has 0 radical (unpaired) electrons. The van der Waals surface area contributed by atoms with Gasteiger partial charge in [0.25, 0.3) is 0 Å². The summed E-state index contributed by atoms with van der Waals surface area (Å²) in [5.74, 6) is -0.226. The number of carbonyl (C=O) groups excluding carboxylic acids is 2. The highest BCUT2D eigenvalue weighted by Gasteiger charge is 2.25. The van der Waals surface area contributed by atoms with Gasteiger partial charge in [0, 0.05) is 43.2 Å². The van der Waals surface area contributed by atoms with Crippen molar-refractivity contribution in [1.29, 1.82) is 0 Å². The van der Waals surface area contributed by atoms with E-state index in [4.69, 9.17) is 9.47 Å². The lowest BCUT2D eigenvalue weighted by Gasteiger charge is -2.20. The third-order valence-corrected chi connectivity index (χ3v) is 8.89. The van der Waals surface area contributed by atoms with Crippen molar-refractivity contribution in [2.45, 2.75) is 26.3 Å². The Morgan fingerprint density at radius 3 is 2.42 bits per heavy atom. The Morgan fingerprint density at radius 1 is 1.05 bits per heavy atom. The van der Waals surface area contributed by atoms with Crippen LogP contribution in [0.1, 0.15) is 37.9 Å². The Hall–Kier alpha value is -3.54. The SMILES string of the molecule is COc1ccc(/C=C/C(=O)N(CCCc2ccccc2)Cc2nc(C(=O)CS(=O)(=O)N(C)C)c(C)s2)c(OC)c1. The van der Waals surface area contributed by atoms with Crippen LogP contribution in [-0.2, 0) is 27.8 Å². The number of sulfonamides is 1. The highest BCUT2D eigenvalue weighted by Crippen LogP contribution is 2.26. The highest BCUT2D eigenvalue weighted by atomic mass is 32.2. The van der Waals surface area contributed by atoms with Gasteiger partial charge in [0.2, 0.25) is 15.9 Å². The number of methoxy groups -OCH3 is 2. The van der Waals surface area contributed by atoms with Gasteiger partial charge in [-0.1, -0.05) is 30.3 Å². The summed E-state index contributed by atoms with van der Waals surface area (Å²) in [4.78, 5) is 32.8. The van der Waals surface area contributed by atoms with Gasteiger partial charge in [0.15, 0.2) is 5.78 Å². The van der Waals surface area contributed by atoms with Gasteiger partial charge >= 0.3 is 0 Å². The zero-order valence-electron chi connectivity index (χ0n) is 23.4. The lowest BCUT2D eigenvalue weighted by molar-refractivity contribution is -0.126. The highest BCUT2D eigenvalue weighted by molar-refractivity contribution is 7.89. The molecule has 0 bridgehead atoms. The first-order chi connectivity index (χ1) is 19.0. The molecule has 0 unspecified atom stereocenters. The Labute approximate surface area is 240 Å². The zero-order valence-corrected chi connectivity index (χ0v) is 25.0. The van der Waals surface area contributed by atoms with Crippen LogP contribution in [0.15, 0.2) is 54.6 Å². The minimum Gasteiger partial charge on any atom is -0.497 e. The Balaban J connectivity index is 1.80. The minimum atomic E-state index is -3.72. The van der Waals surface area contributed by atoms with Crippen LogP contribution in [0.2, 0.25) is 0 Å². The predicted octanol–water partition coefficient (Wildman–Crippen LogP) is 4.22. The van der Waals surface area contributed by atoms with E-state index in [-0.39, 0.29) is 18.1 Å². The lowest BCUT2D eigenvalue weighted by Crippen LogP contribution is -2.30. The molecule has 3 rings (SSSR count). The van der Waals surface area contributed by atoms with E-state index in [0.717, 1.165) is 22.7 Å². The van der Waals surface area contributed by atoms with Crippen molar-refractivity contribution in [2.24, 2.45) is 0 Å². The summed E-state index contributed by atoms with van der Waals surface area (Å²) in [5.41, 5.74) is 2.02. The molecule has 0 saturated heterocycles. The second-order valence-electron chi connectivity index (χ2n) is 9.26. The molecule has 9 nitrogen and oxygen atoms in total. The van der Waals surface area contributed by atoms with Gasteiger partial charge in [-0.15, -0.1) is 11.3 Å². The van der Waals surface area contributed by atoms with E-state index in [2.05, 4.69) is 4.98 Å². The van der Waals surface area contributed by atoms with Crippen LogP contribution in [0.25, 0.3) is 6.08 Å². The van der Waals surface area contributed by atoms with Crippen molar-refractivity contribution in [2.75, 3.05) is 40.6 Å². The van der Waals surface area contributed by atoms with Gasteiger partial charge < -0.3 is 14.4 Å². The van der Waals surface area contributed by atoms with E-state index in [0.29, 0.717) is 27.9 Å². The summed E-state index contributed by atoms with van der Waals surface area (Å²) in [6.07, 6.45) is 4.71. The second-order valence-corrected chi connectivity index (χ2v) is 12.7. The van der Waals surface area contributed by atoms with Crippen molar-refractivity contribution in [3.8, 4) is 11.5 Å². The quantitative estimate of drug-likeness (QED) is 0.206. The fraction of sp³-hybridized carbons (Fsp3) is 0.345. The van der Waals surface area contributed by atoms with E-state index >= 15 is 0 Å². The summed E-state index contributed by atoms with van der Waals surface area (Å²) in [6, 6.07) is 15.4. The average Bonchev–Trinajstić information content (AvgIpc) is 3.31. The number of nitrogens with zero attached hydrogens (tertiary/aromatic N) is 3. The van der Waals surface area contributed by atoms with Crippen LogP contribution in [0.4, 0.5) is 0 Å². The molecular formula is C29H35N3O6S2. The first-order valence-electron chi connectivity index (χ1n) is 12.7. The molecule has 11 heteroatoms. The standard InChI is InChI=1S/C29H35N3O6S2/c1-21-29(25(33)20-40(35,36)31(2)3)30-27(39-21)19-32(17-9-12-22-10-7-6-8-11-22)28(34)16-14-23-13-15-24(37-4)18-26(23)38-5/h6-8,10-11,13-16,18H,9,12,17,19-20H2,1-5H3/b16-14+. The number of aromatic nitrogens is 1. The molecule has 0 aliphatic rings. The van der Waals surface area contributed by atoms with Gasteiger partial charge in [-0.05, 0) is 43.5 Å². The summed E-state index contributed by atoms with van der Waals surface area (Å²) in [5, 5.41) is 0.562. The van der Waals surface area contributed by atoms with E-state index in [1.165, 1.54) is 37.1 Å². The number of aryl methyl sites for hydroxylation is 2. The molecule has 1 heterocycles. The lowest BCUT2D eigenvalue weighted by atomic mass is 10.1. The number of benzene rings is 2. The maximum atomic E-state index is 13.4. The van der Waals surface area contributed by atoms with Crippen LogP contribution < -0.4 is 9.47 Å². The molecule has 3 aromatic rings. The number of ether oxygens (including phenoxy) is 2. The number of ketones is 1. The smallest absolute Gasteiger partial charge is 0.246 e. The van der Waals surface area contributed by atoms with Crippen molar-refractivity contribution >= 4 is 39.1 Å². The molecule has 214 valence electrons. The Kier molecular flexibility index (Phi) is 11.0. The molecule has 0 fully saturated rings. The molecular weight excluding hydrogens is 550 g/mol. The number of hydrogen-bond donors (Lipinski definition) is 0. The van der Waals surface area contributed by atoms with Crippen LogP contribution in [0, 0.1) is 6.92 Å². The monoisotopic (exact) mass is 585 g/mol. The fourth-order valence-electron chi connectivity index (χ4n) is 3.91. The summed E-state index contributed by atoms with van der Waals surface area (Å²) >= 11 is 1.29. The molecule has 0 saturated carbocycles. The maximum Gasteiger partial charge on any atom is 0.246 e. The first kappa shape index (κ1) is 31.0. The predicted molar refractivity (Wildman–Crippen MR) is 157 cm³/mol. The van der Waals surface area contributed by atoms with Gasteiger partial charge in [-0.3, -0.25) is 9.59 Å². The van der Waals surface area contributed by atoms with Crippen molar-refractivity contribution in [1.82, 2.24) is 14.2 Å². The van der Waals surface area contributed by atoms with E-state index in [1.807, 2.05) is 36.4 Å². The zero-order chi connectivity index (χ0) is 29.3. The fourth-order valence-corrected chi connectivity index (χ4v) is 5.61. The minimum absolute atomic E-state index is 0.126. The average molecular weight is 586 g/mol. The summed E-state index contributed by atoms with van der Waals surface area (Å²) in [6.45, 7) is 2.39. The number of carbonyl (C=O) groups is 2. The Bertz CT molecular complexity index is 1450. The maximum absolute atomic E-state index is 13.4. The van der Waals surface area contributed by atoms with Crippen molar-refractivity contribution in [3.05, 3.63) is 81.3 Å². The molecule has 2 aromatic carbocycles. The molecule has 0 aliphatic heterocycles. The molecule has 0 spiro atoms. The Morgan fingerprint density at radius 2 is 1.77 bits per heavy atom. The largest absolute Gasteiger partial charge is 0.497 e. The van der Waals surface area contributed by atoms with Gasteiger partial charge in [-0.25, -0.2) is 17.7 Å². The van der Waals surface area contributed by atoms with Crippen LogP contribution in [-0.4, -0.2) is 74.9 Å². The normalized spacial score (nSPS) is 11.7. The van der Waals surface area contributed by atoms with E-state index in [1.54, 1.807) is 44.3 Å². The van der Waals surface area contributed by atoms with Crippen LogP contribution >= 0.6 is 11.3 Å². The molecule has 40 heavy (non-hydrogen) atoms. The molecule has 0 aliphatic carbocycles. The number of thiazole rings is 1. The third kappa shape index (κ3) is 8.48. The number of rotatable bonds is 14. The van der Waals surface area contributed by atoms with Gasteiger partial charge in [0.1, 0.15) is 28.0 Å². The van der Waals surface area contributed by atoms with Crippen molar-refractivity contribution in [3.63, 3.8) is 0 Å². The van der Waals surface area contributed by atoms with E-state index in [9.17, 15) is 18.0 Å². The summed E-state index contributed by atoms with van der Waals surface area (Å²) < 4.78 is 36.1. The van der Waals surface area contributed by atoms with Gasteiger partial charge in [0.05, 0.1) is 20.8 Å². The first-order valence-corrected chi connectivity index (χ1v) is 15.1. The van der Waals surface area contributed by atoms with Crippen molar-refractivity contribution < 1.29 is 27.5 Å². The van der Waals surface area contributed by atoms with Crippen LogP contribution in [0.3, 0.4) is 0 Å². The van der Waals surface area contributed by atoms with Gasteiger partial charge in [-0.2, -0.15) is 0 Å². The number of amides is 1. The second kappa shape index (κ2) is 14.2. The van der Waals surface area contributed by atoms with E-state index < -0.39 is 21.6 Å². The molecule has 0 N–H and O–H groups in total. The number of Topliss-reactive ketones (excluding diaryl/α,β-unsaturated/α-hetero) is 1. The molecule has 0 atom stereocenters. The van der Waals surface area contributed by atoms with Crippen LogP contribution in [0.5, 0.6) is 11.5 Å². The third-order valence-electron chi connectivity index (χ3n) is 6.20. The molecule has 1 amide bonds. The number of hydrogen-bond acceptors (Lipinski definition) is 8. The summed E-state index contributed by atoms with van der Waals surface area (Å²) in [7, 11) is 2.18. The molecule has 1 aromatic heterocycles. The topological polar surface area (TPSA) is 106 Å².